The molecule has 0 aliphatic heterocycles. The first-order valence-electron chi connectivity index (χ1n) is 11.2. The van der Waals surface area contributed by atoms with Gasteiger partial charge in [-0.3, -0.25) is 14.2 Å². The first-order chi connectivity index (χ1) is 17.0. The number of amides is 1. The molecule has 7 nitrogen and oxygen atoms in total. The molecule has 0 aliphatic carbocycles. The van der Waals surface area contributed by atoms with Crippen LogP contribution < -0.4 is 16.6 Å². The zero-order valence-corrected chi connectivity index (χ0v) is 19.9. The Morgan fingerprint density at radius 2 is 1.71 bits per heavy atom. The summed E-state index contributed by atoms with van der Waals surface area (Å²) in [6.07, 6.45) is 1.74. The molecular weight excluding hydrogens is 462 g/mol. The molecule has 0 radical (unpaired) electrons. The molecule has 0 unspecified atom stereocenters. The minimum Gasteiger partial charge on any atom is -0.467 e. The second kappa shape index (κ2) is 9.60. The highest BCUT2D eigenvalue weighted by Gasteiger charge is 2.16. The summed E-state index contributed by atoms with van der Waals surface area (Å²) < 4.78 is 8.58. The molecule has 0 saturated heterocycles. The Balaban J connectivity index is 1.43. The number of furan rings is 1. The van der Waals surface area contributed by atoms with E-state index in [9.17, 15) is 14.4 Å². The molecule has 3 aromatic heterocycles. The lowest BCUT2D eigenvalue weighted by Crippen LogP contribution is -2.38. The number of nitrogens with zero attached hydrogens (tertiary/aromatic N) is 2. The number of hydrogen-bond acceptors (Lipinski definition) is 5. The summed E-state index contributed by atoms with van der Waals surface area (Å²) in [5.74, 6) is 0.533. The highest BCUT2D eigenvalue weighted by molar-refractivity contribution is 7.17. The highest BCUT2D eigenvalue weighted by Crippen LogP contribution is 2.18. The summed E-state index contributed by atoms with van der Waals surface area (Å²) in [5.41, 5.74) is 3.25. The van der Waals surface area contributed by atoms with E-state index in [1.807, 2.05) is 42.6 Å². The van der Waals surface area contributed by atoms with Crippen molar-refractivity contribution in [1.29, 1.82) is 0 Å². The van der Waals surface area contributed by atoms with Gasteiger partial charge in [0.25, 0.3) is 5.56 Å². The van der Waals surface area contributed by atoms with Crippen molar-refractivity contribution in [2.24, 2.45) is 0 Å². The predicted octanol–water partition coefficient (Wildman–Crippen LogP) is 4.02. The van der Waals surface area contributed by atoms with Gasteiger partial charge in [-0.25, -0.2) is 9.36 Å². The molecule has 0 aliphatic rings. The van der Waals surface area contributed by atoms with E-state index in [-0.39, 0.29) is 17.9 Å². The second-order valence-corrected chi connectivity index (χ2v) is 9.25. The fraction of sp³-hybridized carbons (Fsp3) is 0.148. The number of rotatable bonds is 7. The number of nitrogens with one attached hydrogen (secondary N) is 1. The standard InChI is InChI=1S/C27H23N3O4S/c1-18-4-6-20(7-5-18)17-29-23-12-14-35-25(23)26(32)30(27(29)33)21-10-8-19(9-11-21)15-24(31)28-16-22-3-2-13-34-22/h2-14H,15-17H2,1H3,(H,28,31). The van der Waals surface area contributed by atoms with Crippen LogP contribution in [0.2, 0.25) is 0 Å². The smallest absolute Gasteiger partial charge is 0.336 e. The van der Waals surface area contributed by atoms with E-state index in [1.54, 1.807) is 47.2 Å². The molecule has 0 bridgehead atoms. The number of aromatic nitrogens is 2. The largest absolute Gasteiger partial charge is 0.467 e. The number of hydrogen-bond donors (Lipinski definition) is 1. The van der Waals surface area contributed by atoms with E-state index in [4.69, 9.17) is 4.42 Å². The summed E-state index contributed by atoms with van der Waals surface area (Å²) in [6.45, 7) is 2.70. The Labute approximate surface area is 204 Å². The molecule has 35 heavy (non-hydrogen) atoms. The Kier molecular flexibility index (Phi) is 6.20. The summed E-state index contributed by atoms with van der Waals surface area (Å²) in [4.78, 5) is 39.0. The minimum absolute atomic E-state index is 0.147. The van der Waals surface area contributed by atoms with Crippen LogP contribution in [0.4, 0.5) is 0 Å². The maximum atomic E-state index is 13.5. The lowest BCUT2D eigenvalue weighted by Gasteiger charge is -2.13. The maximum absolute atomic E-state index is 13.5. The molecule has 176 valence electrons. The molecule has 0 fully saturated rings. The molecule has 1 N–H and O–H groups in total. The highest BCUT2D eigenvalue weighted by atomic mass is 32.1. The fourth-order valence-corrected chi connectivity index (χ4v) is 4.78. The number of carbonyl (C=O) groups is 1. The molecule has 0 saturated carbocycles. The van der Waals surface area contributed by atoms with Crippen molar-refractivity contribution in [3.63, 3.8) is 0 Å². The van der Waals surface area contributed by atoms with Gasteiger partial charge in [0.2, 0.25) is 5.91 Å². The van der Waals surface area contributed by atoms with Crippen LogP contribution in [0.3, 0.4) is 0 Å². The van der Waals surface area contributed by atoms with Crippen LogP contribution in [0.5, 0.6) is 0 Å². The van der Waals surface area contributed by atoms with Crippen molar-refractivity contribution < 1.29 is 9.21 Å². The van der Waals surface area contributed by atoms with Crippen LogP contribution >= 0.6 is 11.3 Å². The molecule has 0 atom stereocenters. The Bertz CT molecular complexity index is 1590. The van der Waals surface area contributed by atoms with Gasteiger partial charge < -0.3 is 9.73 Å². The molecule has 2 aromatic carbocycles. The normalized spacial score (nSPS) is 11.1. The summed E-state index contributed by atoms with van der Waals surface area (Å²) in [5, 5.41) is 4.63. The van der Waals surface area contributed by atoms with E-state index >= 15 is 0 Å². The van der Waals surface area contributed by atoms with Crippen molar-refractivity contribution >= 4 is 27.5 Å². The number of thiophene rings is 1. The number of fused-ring (bicyclic) bond motifs is 1. The van der Waals surface area contributed by atoms with Gasteiger partial charge in [-0.15, -0.1) is 11.3 Å². The number of carbonyl (C=O) groups excluding carboxylic acids is 1. The lowest BCUT2D eigenvalue weighted by molar-refractivity contribution is -0.120. The van der Waals surface area contributed by atoms with Crippen molar-refractivity contribution in [3.05, 3.63) is 122 Å². The van der Waals surface area contributed by atoms with Crippen LogP contribution in [-0.4, -0.2) is 15.0 Å². The van der Waals surface area contributed by atoms with Gasteiger partial charge in [0.15, 0.2) is 0 Å². The monoisotopic (exact) mass is 485 g/mol. The maximum Gasteiger partial charge on any atom is 0.336 e. The van der Waals surface area contributed by atoms with Gasteiger partial charge in [-0.05, 0) is 53.8 Å². The molecule has 8 heteroatoms. The molecule has 5 rings (SSSR count). The zero-order valence-electron chi connectivity index (χ0n) is 19.1. The van der Waals surface area contributed by atoms with Crippen molar-refractivity contribution in [1.82, 2.24) is 14.5 Å². The van der Waals surface area contributed by atoms with Crippen LogP contribution in [0, 0.1) is 6.92 Å². The van der Waals surface area contributed by atoms with Crippen LogP contribution in [0.15, 0.2) is 92.4 Å². The van der Waals surface area contributed by atoms with E-state index in [0.29, 0.717) is 34.8 Å². The van der Waals surface area contributed by atoms with Gasteiger partial charge >= 0.3 is 5.69 Å². The van der Waals surface area contributed by atoms with Gasteiger partial charge in [-0.1, -0.05) is 42.0 Å². The summed E-state index contributed by atoms with van der Waals surface area (Å²) in [7, 11) is 0. The minimum atomic E-state index is -0.398. The Hall–Kier alpha value is -4.17. The summed E-state index contributed by atoms with van der Waals surface area (Å²) >= 11 is 1.32. The topological polar surface area (TPSA) is 86.2 Å². The van der Waals surface area contributed by atoms with E-state index in [0.717, 1.165) is 16.7 Å². The third-order valence-corrected chi connectivity index (χ3v) is 6.71. The summed E-state index contributed by atoms with van der Waals surface area (Å²) in [6, 6.07) is 20.3. The number of aryl methyl sites for hydroxylation is 1. The molecular formula is C27H23N3O4S. The third-order valence-electron chi connectivity index (χ3n) is 5.82. The van der Waals surface area contributed by atoms with Crippen molar-refractivity contribution in [2.75, 3.05) is 0 Å². The molecule has 1 amide bonds. The molecule has 5 aromatic rings. The average Bonchev–Trinajstić information content (AvgIpc) is 3.55. The third kappa shape index (κ3) is 4.74. The molecule has 0 spiro atoms. The van der Waals surface area contributed by atoms with Crippen molar-refractivity contribution in [3.8, 4) is 5.69 Å². The van der Waals surface area contributed by atoms with Gasteiger partial charge in [0, 0.05) is 0 Å². The van der Waals surface area contributed by atoms with E-state index < -0.39 is 5.69 Å². The van der Waals surface area contributed by atoms with Gasteiger partial charge in [0.1, 0.15) is 10.5 Å². The Morgan fingerprint density at radius 1 is 0.971 bits per heavy atom. The Morgan fingerprint density at radius 3 is 2.43 bits per heavy atom. The van der Waals surface area contributed by atoms with Crippen molar-refractivity contribution in [2.45, 2.75) is 26.4 Å². The number of benzene rings is 2. The zero-order chi connectivity index (χ0) is 24.4. The first-order valence-corrected chi connectivity index (χ1v) is 12.0. The van der Waals surface area contributed by atoms with Crippen LogP contribution in [0.1, 0.15) is 22.5 Å². The predicted molar refractivity (Wildman–Crippen MR) is 136 cm³/mol. The average molecular weight is 486 g/mol. The molecule has 3 heterocycles. The van der Waals surface area contributed by atoms with Gasteiger partial charge in [0.05, 0.1) is 37.0 Å². The second-order valence-electron chi connectivity index (χ2n) is 8.33. The van der Waals surface area contributed by atoms with Crippen LogP contribution in [0.25, 0.3) is 15.9 Å². The first kappa shape index (κ1) is 22.6. The quantitative estimate of drug-likeness (QED) is 0.377. The van der Waals surface area contributed by atoms with E-state index in [2.05, 4.69) is 5.32 Å². The van der Waals surface area contributed by atoms with Crippen LogP contribution in [-0.2, 0) is 24.3 Å². The van der Waals surface area contributed by atoms with E-state index in [1.165, 1.54) is 15.9 Å². The fourth-order valence-electron chi connectivity index (χ4n) is 3.95. The van der Waals surface area contributed by atoms with Gasteiger partial charge in [-0.2, -0.15) is 0 Å². The SMILES string of the molecule is Cc1ccc(Cn2c(=O)n(-c3ccc(CC(=O)NCc4ccco4)cc3)c(=O)c3sccc32)cc1. The lowest BCUT2D eigenvalue weighted by atomic mass is 10.1.